The van der Waals surface area contributed by atoms with Crippen molar-refractivity contribution in [3.8, 4) is 0 Å². The molecule has 5 nitrogen and oxygen atoms in total. The second kappa shape index (κ2) is 50.5. The van der Waals surface area contributed by atoms with Gasteiger partial charge in [0.05, 0.1) is 18.8 Å². The number of carbonyl (C=O) groups is 1. The summed E-state index contributed by atoms with van der Waals surface area (Å²) in [6, 6.07) is -0.812. The summed E-state index contributed by atoms with van der Waals surface area (Å²) in [5, 5.41) is 33.3. The lowest BCUT2D eigenvalue weighted by molar-refractivity contribution is -0.131. The summed E-state index contributed by atoms with van der Waals surface area (Å²) in [6.07, 6.45) is 64.0. The van der Waals surface area contributed by atoms with Gasteiger partial charge in [-0.25, -0.2) is 0 Å². The van der Waals surface area contributed by atoms with E-state index in [1.54, 1.807) is 6.08 Å². The van der Waals surface area contributed by atoms with Crippen LogP contribution in [0.1, 0.15) is 296 Å². The lowest BCUT2D eigenvalue weighted by atomic mass is 10.0. The zero-order chi connectivity index (χ0) is 43.7. The van der Waals surface area contributed by atoms with Gasteiger partial charge in [-0.1, -0.05) is 289 Å². The molecule has 0 saturated heterocycles. The summed E-state index contributed by atoms with van der Waals surface area (Å²) < 4.78 is 0. The number of aliphatic hydroxyl groups is 3. The van der Waals surface area contributed by atoms with Gasteiger partial charge in [0, 0.05) is 0 Å². The molecule has 1 amide bonds. The Hall–Kier alpha value is -1.17. The van der Waals surface area contributed by atoms with Gasteiger partial charge < -0.3 is 20.6 Å². The van der Waals surface area contributed by atoms with Crippen LogP contribution in [0.3, 0.4) is 0 Å². The Balaban J connectivity index is 3.56. The standard InChI is InChI=1S/C55H107NO4/c1-3-5-7-9-11-13-15-17-19-21-23-24-25-26-27-28-29-30-31-32-34-36-38-40-42-44-46-48-50-54(59)55(60)56-52(51-57)53(58)49-47-45-43-41-39-37-35-33-22-20-18-16-14-12-10-8-6-4-2/h39,41,47,49,52-54,57-59H,3-38,40,42-46,48,50-51H2,1-2H3,(H,56,60)/b41-39+,49-47+. The highest BCUT2D eigenvalue weighted by Gasteiger charge is 2.22. The van der Waals surface area contributed by atoms with E-state index in [2.05, 4.69) is 31.3 Å². The molecule has 0 saturated carbocycles. The maximum Gasteiger partial charge on any atom is 0.249 e. The Labute approximate surface area is 375 Å². The summed E-state index contributed by atoms with van der Waals surface area (Å²) >= 11 is 0. The Bertz CT molecular complexity index is 890. The summed E-state index contributed by atoms with van der Waals surface area (Å²) in [5.74, 6) is -0.507. The minimum absolute atomic E-state index is 0.373. The molecule has 60 heavy (non-hydrogen) atoms. The first-order valence-corrected chi connectivity index (χ1v) is 27.2. The molecular formula is C55H107NO4. The van der Waals surface area contributed by atoms with Gasteiger partial charge in [-0.3, -0.25) is 4.79 Å². The molecule has 4 N–H and O–H groups in total. The lowest BCUT2D eigenvalue weighted by Crippen LogP contribution is -2.48. The van der Waals surface area contributed by atoms with E-state index >= 15 is 0 Å². The van der Waals surface area contributed by atoms with Crippen molar-refractivity contribution in [2.24, 2.45) is 0 Å². The van der Waals surface area contributed by atoms with Crippen molar-refractivity contribution in [3.05, 3.63) is 24.3 Å². The van der Waals surface area contributed by atoms with E-state index < -0.39 is 24.2 Å². The average molecular weight is 846 g/mol. The number of hydrogen-bond donors (Lipinski definition) is 4. The van der Waals surface area contributed by atoms with Gasteiger partial charge >= 0.3 is 0 Å². The van der Waals surface area contributed by atoms with Crippen LogP contribution in [-0.2, 0) is 4.79 Å². The normalized spacial score (nSPS) is 13.5. The molecule has 0 heterocycles. The number of amides is 1. The molecule has 5 heteroatoms. The van der Waals surface area contributed by atoms with Crippen LogP contribution in [0.5, 0.6) is 0 Å². The summed E-state index contributed by atoms with van der Waals surface area (Å²) in [7, 11) is 0. The van der Waals surface area contributed by atoms with E-state index in [1.165, 1.54) is 238 Å². The smallest absolute Gasteiger partial charge is 0.249 e. The van der Waals surface area contributed by atoms with Crippen LogP contribution in [0, 0.1) is 0 Å². The van der Waals surface area contributed by atoms with Gasteiger partial charge in [-0.15, -0.1) is 0 Å². The van der Waals surface area contributed by atoms with Crippen molar-refractivity contribution in [1.29, 1.82) is 0 Å². The van der Waals surface area contributed by atoms with Crippen molar-refractivity contribution in [2.45, 2.75) is 315 Å². The number of nitrogens with one attached hydrogen (secondary N) is 1. The largest absolute Gasteiger partial charge is 0.394 e. The van der Waals surface area contributed by atoms with Crippen LogP contribution in [0.15, 0.2) is 24.3 Å². The van der Waals surface area contributed by atoms with Gasteiger partial charge in [0.1, 0.15) is 6.10 Å². The van der Waals surface area contributed by atoms with Crippen molar-refractivity contribution in [1.82, 2.24) is 5.32 Å². The minimum atomic E-state index is -1.10. The third-order valence-electron chi connectivity index (χ3n) is 12.8. The minimum Gasteiger partial charge on any atom is -0.394 e. The van der Waals surface area contributed by atoms with Crippen LogP contribution in [-0.4, -0.2) is 46.1 Å². The fourth-order valence-corrected chi connectivity index (χ4v) is 8.56. The van der Waals surface area contributed by atoms with E-state index in [0.29, 0.717) is 6.42 Å². The molecule has 0 aliphatic rings. The SMILES string of the molecule is CCCCCCCCCCCCCC/C=C/CC/C=C/C(O)C(CO)NC(=O)C(O)CCCCCCCCCCCCCCCCCCCCCCCCCCCCCC. The molecule has 0 aliphatic heterocycles. The van der Waals surface area contributed by atoms with Crippen molar-refractivity contribution < 1.29 is 20.1 Å². The zero-order valence-corrected chi connectivity index (χ0v) is 40.6. The summed E-state index contributed by atoms with van der Waals surface area (Å²) in [5.41, 5.74) is 0. The van der Waals surface area contributed by atoms with Crippen molar-refractivity contribution >= 4 is 5.91 Å². The van der Waals surface area contributed by atoms with Gasteiger partial charge in [0.25, 0.3) is 0 Å². The Morgan fingerprint density at radius 1 is 0.400 bits per heavy atom. The molecule has 0 fully saturated rings. The van der Waals surface area contributed by atoms with Crippen LogP contribution in [0.2, 0.25) is 0 Å². The number of hydrogen-bond acceptors (Lipinski definition) is 4. The van der Waals surface area contributed by atoms with E-state index in [1.807, 2.05) is 6.08 Å². The predicted molar refractivity (Wildman–Crippen MR) is 264 cm³/mol. The highest BCUT2D eigenvalue weighted by Crippen LogP contribution is 2.17. The highest BCUT2D eigenvalue weighted by atomic mass is 16.3. The molecule has 3 unspecified atom stereocenters. The molecular weight excluding hydrogens is 739 g/mol. The van der Waals surface area contributed by atoms with Crippen molar-refractivity contribution in [3.63, 3.8) is 0 Å². The van der Waals surface area contributed by atoms with Gasteiger partial charge in [-0.05, 0) is 32.1 Å². The van der Waals surface area contributed by atoms with Gasteiger partial charge in [0.15, 0.2) is 0 Å². The molecule has 0 aliphatic carbocycles. The van der Waals surface area contributed by atoms with E-state index in [4.69, 9.17) is 0 Å². The second-order valence-electron chi connectivity index (χ2n) is 18.8. The number of aliphatic hydroxyl groups excluding tert-OH is 3. The first-order valence-electron chi connectivity index (χ1n) is 27.2. The van der Waals surface area contributed by atoms with Crippen LogP contribution in [0.4, 0.5) is 0 Å². The third kappa shape index (κ3) is 44.9. The fourth-order valence-electron chi connectivity index (χ4n) is 8.56. The quantitative estimate of drug-likeness (QED) is 0.0363. The molecule has 0 aromatic rings. The third-order valence-corrected chi connectivity index (χ3v) is 12.8. The molecule has 0 rings (SSSR count). The number of rotatable bonds is 50. The number of unbranched alkanes of at least 4 members (excludes halogenated alkanes) is 40. The first kappa shape index (κ1) is 58.8. The second-order valence-corrected chi connectivity index (χ2v) is 18.8. The summed E-state index contributed by atoms with van der Waals surface area (Å²) in [4.78, 5) is 12.5. The van der Waals surface area contributed by atoms with Crippen molar-refractivity contribution in [2.75, 3.05) is 6.61 Å². The Morgan fingerprint density at radius 2 is 0.683 bits per heavy atom. The van der Waals surface area contributed by atoms with E-state index in [9.17, 15) is 20.1 Å². The summed E-state index contributed by atoms with van der Waals surface area (Å²) in [6.45, 7) is 4.20. The average Bonchev–Trinajstić information content (AvgIpc) is 3.25. The van der Waals surface area contributed by atoms with Crippen LogP contribution < -0.4 is 5.32 Å². The fraction of sp³-hybridized carbons (Fsp3) is 0.909. The number of carbonyl (C=O) groups excluding carboxylic acids is 1. The molecule has 3 atom stereocenters. The molecule has 0 radical (unpaired) electrons. The zero-order valence-electron chi connectivity index (χ0n) is 40.6. The van der Waals surface area contributed by atoms with Crippen LogP contribution in [0.25, 0.3) is 0 Å². The maximum atomic E-state index is 12.5. The first-order chi connectivity index (χ1) is 29.6. The highest BCUT2D eigenvalue weighted by molar-refractivity contribution is 5.80. The van der Waals surface area contributed by atoms with E-state index in [0.717, 1.165) is 38.5 Å². The molecule has 0 aromatic heterocycles. The maximum absolute atomic E-state index is 12.5. The molecule has 356 valence electrons. The molecule has 0 aromatic carbocycles. The van der Waals surface area contributed by atoms with Gasteiger partial charge in [-0.2, -0.15) is 0 Å². The monoisotopic (exact) mass is 846 g/mol. The van der Waals surface area contributed by atoms with Crippen LogP contribution >= 0.6 is 0 Å². The Morgan fingerprint density at radius 3 is 1.02 bits per heavy atom. The topological polar surface area (TPSA) is 89.8 Å². The Kier molecular flexibility index (Phi) is 49.5. The number of allylic oxidation sites excluding steroid dienone is 3. The van der Waals surface area contributed by atoms with E-state index in [-0.39, 0.29) is 6.61 Å². The predicted octanol–water partition coefficient (Wildman–Crippen LogP) is 16.5. The van der Waals surface area contributed by atoms with Gasteiger partial charge in [0.2, 0.25) is 5.91 Å². The molecule has 0 spiro atoms. The lowest BCUT2D eigenvalue weighted by Gasteiger charge is -2.21. The molecule has 0 bridgehead atoms.